The minimum absolute atomic E-state index is 0.00599. The molecule has 0 saturated heterocycles. The highest BCUT2D eigenvalue weighted by atomic mass is 16.3. The number of aromatic hydroxyl groups is 1. The predicted molar refractivity (Wildman–Crippen MR) is 104 cm³/mol. The summed E-state index contributed by atoms with van der Waals surface area (Å²) in [6.45, 7) is 4.55. The number of benzene rings is 2. The van der Waals surface area contributed by atoms with Crippen molar-refractivity contribution in [3.63, 3.8) is 0 Å². The van der Waals surface area contributed by atoms with Crippen LogP contribution >= 0.6 is 0 Å². The predicted octanol–water partition coefficient (Wildman–Crippen LogP) is 4.12. The van der Waals surface area contributed by atoms with E-state index in [0.29, 0.717) is 35.6 Å². The monoisotopic (exact) mass is 348 g/mol. The molecule has 4 heteroatoms. The Morgan fingerprint density at radius 3 is 2.38 bits per heavy atom. The van der Waals surface area contributed by atoms with E-state index in [1.807, 2.05) is 44.2 Å². The van der Waals surface area contributed by atoms with Crippen LogP contribution < -0.4 is 5.56 Å². The van der Waals surface area contributed by atoms with Crippen molar-refractivity contribution in [3.8, 4) is 17.0 Å². The van der Waals surface area contributed by atoms with Crippen LogP contribution in [0.15, 0.2) is 59.4 Å². The van der Waals surface area contributed by atoms with Crippen molar-refractivity contribution in [2.24, 2.45) is 0 Å². The molecule has 1 N–H and O–H groups in total. The van der Waals surface area contributed by atoms with E-state index in [1.54, 1.807) is 16.7 Å². The van der Waals surface area contributed by atoms with Gasteiger partial charge in [0, 0.05) is 17.7 Å². The Kier molecular flexibility index (Phi) is 5.52. The smallest absolute Gasteiger partial charge is 0.257 e. The molecule has 1 heterocycles. The molecule has 3 aromatic rings. The van der Waals surface area contributed by atoms with Crippen LogP contribution in [-0.4, -0.2) is 14.7 Å². The second kappa shape index (κ2) is 8.00. The molecule has 134 valence electrons. The molecular formula is C22H24N2O2. The molecule has 0 bridgehead atoms. The first-order valence-electron chi connectivity index (χ1n) is 9.04. The maximum Gasteiger partial charge on any atom is 0.257 e. The van der Waals surface area contributed by atoms with Gasteiger partial charge in [-0.2, -0.15) is 0 Å². The minimum atomic E-state index is -0.00599. The van der Waals surface area contributed by atoms with E-state index < -0.39 is 0 Å². The molecule has 0 aliphatic carbocycles. The van der Waals surface area contributed by atoms with E-state index in [-0.39, 0.29) is 11.3 Å². The van der Waals surface area contributed by atoms with E-state index in [0.717, 1.165) is 12.8 Å². The van der Waals surface area contributed by atoms with E-state index in [2.05, 4.69) is 12.1 Å². The van der Waals surface area contributed by atoms with Gasteiger partial charge in [0.15, 0.2) is 0 Å². The van der Waals surface area contributed by atoms with Crippen LogP contribution in [0.5, 0.6) is 5.75 Å². The summed E-state index contributed by atoms with van der Waals surface area (Å²) in [5, 5.41) is 10.3. The molecule has 0 aliphatic heterocycles. The highest BCUT2D eigenvalue weighted by Crippen LogP contribution is 2.29. The zero-order chi connectivity index (χ0) is 18.5. The van der Waals surface area contributed by atoms with Gasteiger partial charge in [-0.15, -0.1) is 0 Å². The van der Waals surface area contributed by atoms with Crippen molar-refractivity contribution in [2.75, 3.05) is 0 Å². The molecule has 26 heavy (non-hydrogen) atoms. The van der Waals surface area contributed by atoms with Gasteiger partial charge in [-0.05, 0) is 43.9 Å². The second-order valence-electron chi connectivity index (χ2n) is 6.45. The first-order valence-corrected chi connectivity index (χ1v) is 9.04. The van der Waals surface area contributed by atoms with Crippen LogP contribution in [0.4, 0.5) is 0 Å². The number of hydrogen-bond donors (Lipinski definition) is 1. The lowest BCUT2D eigenvalue weighted by Crippen LogP contribution is -2.28. The zero-order valence-electron chi connectivity index (χ0n) is 15.3. The fourth-order valence-electron chi connectivity index (χ4n) is 3.22. The van der Waals surface area contributed by atoms with Crippen molar-refractivity contribution >= 4 is 0 Å². The summed E-state index contributed by atoms with van der Waals surface area (Å²) in [6.07, 6.45) is 2.22. The summed E-state index contributed by atoms with van der Waals surface area (Å²) in [7, 11) is 0. The van der Waals surface area contributed by atoms with Crippen molar-refractivity contribution in [1.29, 1.82) is 0 Å². The van der Waals surface area contributed by atoms with Crippen LogP contribution in [-0.2, 0) is 19.4 Å². The Hall–Kier alpha value is -2.88. The van der Waals surface area contributed by atoms with E-state index in [4.69, 9.17) is 4.98 Å². The van der Waals surface area contributed by atoms with Gasteiger partial charge in [-0.1, -0.05) is 49.4 Å². The SMILES string of the molecule is CCCn1c(C)nc(-c2ccccc2O)c(CCc2ccccc2)c1=O. The Balaban J connectivity index is 2.10. The van der Waals surface area contributed by atoms with Crippen LogP contribution in [0.2, 0.25) is 0 Å². The van der Waals surface area contributed by atoms with E-state index in [9.17, 15) is 9.90 Å². The van der Waals surface area contributed by atoms with Gasteiger partial charge < -0.3 is 5.11 Å². The lowest BCUT2D eigenvalue weighted by molar-refractivity contribution is 0.477. The van der Waals surface area contributed by atoms with E-state index >= 15 is 0 Å². The van der Waals surface area contributed by atoms with Gasteiger partial charge in [-0.25, -0.2) is 4.98 Å². The molecule has 2 aromatic carbocycles. The summed E-state index contributed by atoms with van der Waals surface area (Å²) >= 11 is 0. The van der Waals surface area contributed by atoms with Crippen LogP contribution in [0.1, 0.15) is 30.3 Å². The number of para-hydroxylation sites is 1. The molecule has 0 unspecified atom stereocenters. The molecule has 3 rings (SSSR count). The Morgan fingerprint density at radius 1 is 1.00 bits per heavy atom. The lowest BCUT2D eigenvalue weighted by Gasteiger charge is -2.16. The maximum atomic E-state index is 13.1. The minimum Gasteiger partial charge on any atom is -0.507 e. The molecule has 1 aromatic heterocycles. The lowest BCUT2D eigenvalue weighted by atomic mass is 9.99. The Morgan fingerprint density at radius 2 is 1.69 bits per heavy atom. The van der Waals surface area contributed by atoms with Crippen LogP contribution in [0, 0.1) is 6.92 Å². The number of nitrogens with zero attached hydrogens (tertiary/aromatic N) is 2. The van der Waals surface area contributed by atoms with Gasteiger partial charge >= 0.3 is 0 Å². The summed E-state index contributed by atoms with van der Waals surface area (Å²) < 4.78 is 1.74. The van der Waals surface area contributed by atoms with Gasteiger partial charge in [0.2, 0.25) is 0 Å². The Labute approximate surface area is 153 Å². The van der Waals surface area contributed by atoms with Gasteiger partial charge in [0.05, 0.1) is 5.69 Å². The zero-order valence-corrected chi connectivity index (χ0v) is 15.3. The number of rotatable bonds is 6. The molecule has 4 nitrogen and oxygen atoms in total. The molecule has 0 atom stereocenters. The number of phenolic OH excluding ortho intramolecular Hbond substituents is 1. The summed E-state index contributed by atoms with van der Waals surface area (Å²) in [6, 6.07) is 17.2. The molecule has 0 amide bonds. The standard InChI is InChI=1S/C22H24N2O2/c1-3-15-24-16(2)23-21(18-11-7-8-12-20(18)25)19(22(24)26)14-13-17-9-5-4-6-10-17/h4-12,25H,3,13-15H2,1-2H3. The third kappa shape index (κ3) is 3.69. The van der Waals surface area contributed by atoms with Crippen molar-refractivity contribution < 1.29 is 5.11 Å². The van der Waals surface area contributed by atoms with Gasteiger partial charge in [0.25, 0.3) is 5.56 Å². The topological polar surface area (TPSA) is 55.1 Å². The van der Waals surface area contributed by atoms with Gasteiger partial charge in [-0.3, -0.25) is 9.36 Å². The summed E-state index contributed by atoms with van der Waals surface area (Å²) in [4.78, 5) is 17.8. The number of aryl methyl sites for hydroxylation is 2. The Bertz CT molecular complexity index is 946. The fraction of sp³-hybridized carbons (Fsp3) is 0.273. The second-order valence-corrected chi connectivity index (χ2v) is 6.45. The van der Waals surface area contributed by atoms with Crippen LogP contribution in [0.25, 0.3) is 11.3 Å². The number of aromatic nitrogens is 2. The normalized spacial score (nSPS) is 10.8. The largest absolute Gasteiger partial charge is 0.507 e. The molecule has 0 radical (unpaired) electrons. The third-order valence-corrected chi connectivity index (χ3v) is 4.57. The average molecular weight is 348 g/mol. The number of phenols is 1. The van der Waals surface area contributed by atoms with Gasteiger partial charge in [0.1, 0.15) is 11.6 Å². The third-order valence-electron chi connectivity index (χ3n) is 4.57. The molecule has 0 aliphatic rings. The fourth-order valence-corrected chi connectivity index (χ4v) is 3.22. The first kappa shape index (κ1) is 17.9. The highest BCUT2D eigenvalue weighted by molar-refractivity contribution is 5.69. The summed E-state index contributed by atoms with van der Waals surface area (Å²) in [5.74, 6) is 0.826. The highest BCUT2D eigenvalue weighted by Gasteiger charge is 2.18. The molecule has 0 saturated carbocycles. The average Bonchev–Trinajstić information content (AvgIpc) is 2.65. The molecule has 0 fully saturated rings. The molecule has 0 spiro atoms. The van der Waals surface area contributed by atoms with Crippen molar-refractivity contribution in [3.05, 3.63) is 81.9 Å². The van der Waals surface area contributed by atoms with Crippen molar-refractivity contribution in [2.45, 2.75) is 39.7 Å². The van der Waals surface area contributed by atoms with E-state index in [1.165, 1.54) is 5.56 Å². The quantitative estimate of drug-likeness (QED) is 0.729. The van der Waals surface area contributed by atoms with Crippen molar-refractivity contribution in [1.82, 2.24) is 9.55 Å². The summed E-state index contributed by atoms with van der Waals surface area (Å²) in [5.41, 5.74) is 3.04. The maximum absolute atomic E-state index is 13.1. The van der Waals surface area contributed by atoms with Crippen LogP contribution in [0.3, 0.4) is 0 Å². The first-order chi connectivity index (χ1) is 12.6. The number of hydrogen-bond acceptors (Lipinski definition) is 3. The molecular weight excluding hydrogens is 324 g/mol.